The van der Waals surface area contributed by atoms with Crippen LogP contribution in [0.25, 0.3) is 0 Å². The lowest BCUT2D eigenvalue weighted by molar-refractivity contribution is -0.137. The Hall–Kier alpha value is -2.12. The van der Waals surface area contributed by atoms with Gasteiger partial charge in [-0.05, 0) is 57.3 Å². The van der Waals surface area contributed by atoms with Crippen LogP contribution in [0.15, 0.2) is 42.5 Å². The summed E-state index contributed by atoms with van der Waals surface area (Å²) in [6.07, 6.45) is -4.50. The predicted octanol–water partition coefficient (Wildman–Crippen LogP) is 5.23. The van der Waals surface area contributed by atoms with Crippen LogP contribution in [0.2, 0.25) is 0 Å². The number of carbonyl (C=O) groups excluding carboxylic acids is 1. The Morgan fingerprint density at radius 3 is 2.23 bits per heavy atom. The van der Waals surface area contributed by atoms with E-state index in [4.69, 9.17) is 9.31 Å². The van der Waals surface area contributed by atoms with E-state index in [1.54, 1.807) is 13.0 Å². The van der Waals surface area contributed by atoms with Crippen molar-refractivity contribution in [3.63, 3.8) is 0 Å². The number of ketones is 1. The van der Waals surface area contributed by atoms with Gasteiger partial charge in [-0.1, -0.05) is 48.9 Å². The van der Waals surface area contributed by atoms with Crippen LogP contribution in [0.5, 0.6) is 0 Å². The van der Waals surface area contributed by atoms with Crippen LogP contribution >= 0.6 is 0 Å². The normalized spacial score (nSPS) is 18.8. The third-order valence-electron chi connectivity index (χ3n) is 6.43. The molecule has 31 heavy (non-hydrogen) atoms. The van der Waals surface area contributed by atoms with E-state index in [2.05, 4.69) is 0 Å². The van der Waals surface area contributed by atoms with Crippen molar-refractivity contribution >= 4 is 18.4 Å². The van der Waals surface area contributed by atoms with Crippen molar-refractivity contribution in [2.75, 3.05) is 0 Å². The molecule has 1 atom stereocenters. The van der Waals surface area contributed by atoms with E-state index in [1.807, 2.05) is 52.8 Å². The standard InChI is InChI=1S/C24H28BF3O3/c1-15-10-11-18(14-20(15)25-30-22(3,4)23(5,6)31-25)16(2)21(29)13-17-8-7-9-19(12-17)24(26,27)28/h7-12,14,16H,13H2,1-6H3. The number of carbonyl (C=O) groups is 1. The number of rotatable bonds is 5. The summed E-state index contributed by atoms with van der Waals surface area (Å²) in [4.78, 5) is 12.9. The molecule has 0 aliphatic carbocycles. The molecule has 1 heterocycles. The average Bonchev–Trinajstić information content (AvgIpc) is 2.88. The molecule has 2 aromatic rings. The maximum absolute atomic E-state index is 13.0. The largest absolute Gasteiger partial charge is 0.495 e. The van der Waals surface area contributed by atoms with Gasteiger partial charge in [-0.15, -0.1) is 0 Å². The average molecular weight is 432 g/mol. The van der Waals surface area contributed by atoms with E-state index in [0.29, 0.717) is 5.56 Å². The first kappa shape index (κ1) is 23.5. The first-order valence-corrected chi connectivity index (χ1v) is 10.4. The summed E-state index contributed by atoms with van der Waals surface area (Å²) in [5.74, 6) is -0.626. The molecule has 1 saturated heterocycles. The van der Waals surface area contributed by atoms with Crippen LogP contribution in [0.4, 0.5) is 13.2 Å². The molecule has 0 saturated carbocycles. The molecule has 1 unspecified atom stereocenters. The molecule has 0 amide bonds. The molecule has 1 aliphatic heterocycles. The van der Waals surface area contributed by atoms with Crippen molar-refractivity contribution in [1.82, 2.24) is 0 Å². The Kier molecular flexibility index (Phi) is 6.15. The van der Waals surface area contributed by atoms with Crippen molar-refractivity contribution in [2.45, 2.75) is 71.3 Å². The fourth-order valence-electron chi connectivity index (χ4n) is 3.55. The molecule has 0 radical (unpaired) electrons. The molecule has 3 rings (SSSR count). The number of alkyl halides is 3. The lowest BCUT2D eigenvalue weighted by atomic mass is 9.74. The fraction of sp³-hybridized carbons (Fsp3) is 0.458. The fourth-order valence-corrected chi connectivity index (χ4v) is 3.55. The molecule has 1 fully saturated rings. The molecule has 166 valence electrons. The van der Waals surface area contributed by atoms with E-state index in [0.717, 1.165) is 28.7 Å². The Morgan fingerprint density at radius 1 is 1.03 bits per heavy atom. The highest BCUT2D eigenvalue weighted by Crippen LogP contribution is 2.37. The van der Waals surface area contributed by atoms with Gasteiger partial charge in [0.15, 0.2) is 0 Å². The maximum atomic E-state index is 13.0. The highest BCUT2D eigenvalue weighted by atomic mass is 19.4. The minimum Gasteiger partial charge on any atom is -0.399 e. The maximum Gasteiger partial charge on any atom is 0.495 e. The number of aryl methyl sites for hydroxylation is 1. The molecule has 0 spiro atoms. The number of hydrogen-bond donors (Lipinski definition) is 0. The van der Waals surface area contributed by atoms with Crippen molar-refractivity contribution < 1.29 is 27.3 Å². The van der Waals surface area contributed by atoms with Gasteiger partial charge in [0.2, 0.25) is 0 Å². The van der Waals surface area contributed by atoms with Gasteiger partial charge in [0, 0.05) is 12.3 Å². The summed E-state index contributed by atoms with van der Waals surface area (Å²) in [6.45, 7) is 11.6. The third kappa shape index (κ3) is 4.88. The second-order valence-electron chi connectivity index (χ2n) is 9.27. The van der Waals surface area contributed by atoms with Crippen LogP contribution < -0.4 is 5.46 Å². The molecule has 1 aliphatic rings. The molecule has 0 N–H and O–H groups in total. The lowest BCUT2D eigenvalue weighted by Crippen LogP contribution is -2.41. The first-order valence-electron chi connectivity index (χ1n) is 10.4. The van der Waals surface area contributed by atoms with E-state index < -0.39 is 36.0 Å². The Labute approximate surface area is 182 Å². The first-order chi connectivity index (χ1) is 14.2. The van der Waals surface area contributed by atoms with E-state index in [-0.39, 0.29) is 12.2 Å². The zero-order valence-corrected chi connectivity index (χ0v) is 18.8. The molecule has 0 bridgehead atoms. The molecule has 0 aromatic heterocycles. The molecular formula is C24H28BF3O3. The highest BCUT2D eigenvalue weighted by Gasteiger charge is 2.52. The second-order valence-corrected chi connectivity index (χ2v) is 9.27. The van der Waals surface area contributed by atoms with Crippen LogP contribution in [-0.4, -0.2) is 24.1 Å². The Balaban J connectivity index is 1.81. The van der Waals surface area contributed by atoms with E-state index >= 15 is 0 Å². The van der Waals surface area contributed by atoms with Crippen LogP contribution in [0.3, 0.4) is 0 Å². The second kappa shape index (κ2) is 8.10. The lowest BCUT2D eigenvalue weighted by Gasteiger charge is -2.32. The Bertz CT molecular complexity index is 966. The van der Waals surface area contributed by atoms with Gasteiger partial charge in [-0.25, -0.2) is 0 Å². The summed E-state index contributed by atoms with van der Waals surface area (Å²) in [5, 5.41) is 0. The van der Waals surface area contributed by atoms with Gasteiger partial charge in [-0.2, -0.15) is 13.2 Å². The van der Waals surface area contributed by atoms with Gasteiger partial charge in [0.05, 0.1) is 16.8 Å². The summed E-state index contributed by atoms with van der Waals surface area (Å²) < 4.78 is 51.2. The number of benzene rings is 2. The third-order valence-corrected chi connectivity index (χ3v) is 6.43. The number of halogens is 3. The monoisotopic (exact) mass is 432 g/mol. The quantitative estimate of drug-likeness (QED) is 0.608. The van der Waals surface area contributed by atoms with Gasteiger partial charge in [0.25, 0.3) is 0 Å². The molecule has 7 heteroatoms. The number of hydrogen-bond acceptors (Lipinski definition) is 3. The SMILES string of the molecule is Cc1ccc(C(C)C(=O)Cc2cccc(C(F)(F)F)c2)cc1B1OC(C)(C)C(C)(C)O1. The predicted molar refractivity (Wildman–Crippen MR) is 115 cm³/mol. The molecule has 3 nitrogen and oxygen atoms in total. The topological polar surface area (TPSA) is 35.5 Å². The minimum absolute atomic E-state index is 0.0647. The number of Topliss-reactive ketones (excluding diaryl/α,β-unsaturated/α-hetero) is 1. The van der Waals surface area contributed by atoms with E-state index in [9.17, 15) is 18.0 Å². The van der Waals surface area contributed by atoms with Gasteiger partial charge >= 0.3 is 13.3 Å². The van der Waals surface area contributed by atoms with Crippen molar-refractivity contribution in [2.24, 2.45) is 0 Å². The molecule has 2 aromatic carbocycles. The van der Waals surface area contributed by atoms with Crippen molar-refractivity contribution in [1.29, 1.82) is 0 Å². The van der Waals surface area contributed by atoms with Crippen LogP contribution in [0, 0.1) is 6.92 Å². The summed E-state index contributed by atoms with van der Waals surface area (Å²) in [6, 6.07) is 10.6. The molecular weight excluding hydrogens is 404 g/mol. The zero-order valence-electron chi connectivity index (χ0n) is 18.8. The summed E-state index contributed by atoms with van der Waals surface area (Å²) >= 11 is 0. The van der Waals surface area contributed by atoms with Crippen LogP contribution in [0.1, 0.15) is 62.8 Å². The van der Waals surface area contributed by atoms with Crippen molar-refractivity contribution in [3.8, 4) is 0 Å². The smallest absolute Gasteiger partial charge is 0.399 e. The van der Waals surface area contributed by atoms with Gasteiger partial charge in [-0.3, -0.25) is 4.79 Å². The Morgan fingerprint density at radius 2 is 1.65 bits per heavy atom. The van der Waals surface area contributed by atoms with Gasteiger partial charge < -0.3 is 9.31 Å². The van der Waals surface area contributed by atoms with E-state index in [1.165, 1.54) is 6.07 Å². The van der Waals surface area contributed by atoms with Gasteiger partial charge in [0.1, 0.15) is 5.78 Å². The summed E-state index contributed by atoms with van der Waals surface area (Å²) in [7, 11) is -0.546. The highest BCUT2D eigenvalue weighted by molar-refractivity contribution is 6.62. The zero-order chi connectivity index (χ0) is 23.2. The summed E-state index contributed by atoms with van der Waals surface area (Å²) in [5.41, 5.74) is 1.27. The van der Waals surface area contributed by atoms with Crippen LogP contribution in [-0.2, 0) is 26.7 Å². The van der Waals surface area contributed by atoms with Crippen molar-refractivity contribution in [3.05, 3.63) is 64.7 Å². The minimum atomic E-state index is -4.43.